The van der Waals surface area contributed by atoms with E-state index in [9.17, 15) is 20.2 Å². The molecule has 1 fully saturated rings. The van der Waals surface area contributed by atoms with E-state index >= 15 is 0 Å². The van der Waals surface area contributed by atoms with Crippen LogP contribution in [0.2, 0.25) is 0 Å². The Balaban J connectivity index is 1.80. The molecule has 0 spiro atoms. The van der Waals surface area contributed by atoms with Crippen molar-refractivity contribution in [2.24, 2.45) is 0 Å². The van der Waals surface area contributed by atoms with Gasteiger partial charge in [0.05, 0.1) is 22.9 Å². The van der Waals surface area contributed by atoms with E-state index < -0.39 is 16.4 Å². The number of nitro benzene ring substituents is 1. The number of rotatable bonds is 4. The fourth-order valence-corrected chi connectivity index (χ4v) is 3.57. The van der Waals surface area contributed by atoms with Crippen molar-refractivity contribution >= 4 is 23.4 Å². The highest BCUT2D eigenvalue weighted by molar-refractivity contribution is 7.99. The van der Waals surface area contributed by atoms with Gasteiger partial charge >= 0.3 is 0 Å². The van der Waals surface area contributed by atoms with Gasteiger partial charge in [-0.2, -0.15) is 17.0 Å². The Labute approximate surface area is 140 Å². The molecule has 1 amide bonds. The highest BCUT2D eigenvalue weighted by atomic mass is 32.2. The second-order valence-corrected chi connectivity index (χ2v) is 6.38. The molecule has 2 aromatic rings. The maximum atomic E-state index is 12.3. The van der Waals surface area contributed by atoms with E-state index in [1.165, 1.54) is 29.1 Å². The molecule has 1 atom stereocenters. The number of hydrogen-bond acceptors (Lipinski definition) is 7. The zero-order chi connectivity index (χ0) is 17.2. The number of nitriles is 1. The Morgan fingerprint density at radius 2 is 2.38 bits per heavy atom. The van der Waals surface area contributed by atoms with Crippen molar-refractivity contribution in [2.75, 3.05) is 11.5 Å². The molecule has 0 saturated carbocycles. The second kappa shape index (κ2) is 6.29. The van der Waals surface area contributed by atoms with Gasteiger partial charge in [-0.3, -0.25) is 14.9 Å². The van der Waals surface area contributed by atoms with Crippen molar-refractivity contribution in [3.05, 3.63) is 46.3 Å². The Morgan fingerprint density at radius 1 is 1.54 bits per heavy atom. The van der Waals surface area contributed by atoms with Crippen molar-refractivity contribution in [2.45, 2.75) is 12.0 Å². The van der Waals surface area contributed by atoms with Crippen LogP contribution in [0.4, 0.5) is 5.69 Å². The Bertz CT molecular complexity index is 837. The molecule has 0 unspecified atom stereocenters. The first-order chi connectivity index (χ1) is 11.5. The Kier molecular flexibility index (Phi) is 4.18. The molecular weight excluding hydrogens is 332 g/mol. The number of aromatic nitrogens is 3. The van der Waals surface area contributed by atoms with Gasteiger partial charge in [0.1, 0.15) is 5.54 Å². The van der Waals surface area contributed by atoms with Crippen LogP contribution < -0.4 is 5.32 Å². The number of nitrogens with zero attached hydrogens (tertiary/aromatic N) is 5. The quantitative estimate of drug-likeness (QED) is 0.654. The zero-order valence-corrected chi connectivity index (χ0v) is 13.2. The molecule has 1 aromatic heterocycles. The van der Waals surface area contributed by atoms with Gasteiger partial charge < -0.3 is 5.32 Å². The van der Waals surface area contributed by atoms with Gasteiger partial charge in [0, 0.05) is 17.9 Å². The maximum Gasteiger partial charge on any atom is 0.274 e. The number of carbonyl (C=O) groups is 1. The summed E-state index contributed by atoms with van der Waals surface area (Å²) < 4.78 is 1.28. The highest BCUT2D eigenvalue weighted by Gasteiger charge is 2.36. The van der Waals surface area contributed by atoms with Gasteiger partial charge in [0.15, 0.2) is 5.69 Å². The standard InChI is InChI=1S/C14H12N6O3S/c15-8-14(4-5-24-9-14)16-13(21)12-7-19(18-17-12)10-2-1-3-11(6-10)20(22)23/h1-3,6-7H,4-5,9H2,(H,16,21)/t14-/m1/s1. The van der Waals surface area contributed by atoms with Crippen LogP contribution in [0.1, 0.15) is 16.9 Å². The SMILES string of the molecule is N#C[C@]1(NC(=O)c2cn(-c3cccc([N+](=O)[O-])c3)nn2)CCSC1. The van der Waals surface area contributed by atoms with Crippen LogP contribution in [0, 0.1) is 21.4 Å². The Hall–Kier alpha value is -2.93. The van der Waals surface area contributed by atoms with Crippen LogP contribution in [0.5, 0.6) is 0 Å². The van der Waals surface area contributed by atoms with Gasteiger partial charge in [-0.05, 0) is 18.2 Å². The molecule has 2 heterocycles. The molecule has 0 bridgehead atoms. The minimum absolute atomic E-state index is 0.0491. The average molecular weight is 344 g/mol. The topological polar surface area (TPSA) is 127 Å². The lowest BCUT2D eigenvalue weighted by Gasteiger charge is -2.20. The maximum absolute atomic E-state index is 12.3. The molecule has 24 heavy (non-hydrogen) atoms. The van der Waals surface area contributed by atoms with Crippen LogP contribution in [-0.2, 0) is 0 Å². The summed E-state index contributed by atoms with van der Waals surface area (Å²) in [5, 5.41) is 30.4. The van der Waals surface area contributed by atoms with Gasteiger partial charge in [0.2, 0.25) is 0 Å². The molecule has 0 aliphatic carbocycles. The predicted octanol–water partition coefficient (Wildman–Crippen LogP) is 1.30. The lowest BCUT2D eigenvalue weighted by atomic mass is 10.0. The summed E-state index contributed by atoms with van der Waals surface area (Å²) in [5.41, 5.74) is -0.493. The highest BCUT2D eigenvalue weighted by Crippen LogP contribution is 2.27. The van der Waals surface area contributed by atoms with Crippen LogP contribution in [-0.4, -0.2) is 42.9 Å². The number of hydrogen-bond donors (Lipinski definition) is 1. The predicted molar refractivity (Wildman–Crippen MR) is 85.8 cm³/mol. The molecule has 0 radical (unpaired) electrons. The molecule has 1 aliphatic rings. The van der Waals surface area contributed by atoms with E-state index in [4.69, 9.17) is 0 Å². The summed E-state index contributed by atoms with van der Waals surface area (Å²) >= 11 is 1.61. The largest absolute Gasteiger partial charge is 0.332 e. The number of non-ortho nitro benzene ring substituents is 1. The van der Waals surface area contributed by atoms with E-state index in [0.29, 0.717) is 17.9 Å². The number of benzene rings is 1. The molecule has 1 aromatic carbocycles. The molecule has 1 aliphatic heterocycles. The normalized spacial score (nSPS) is 19.6. The smallest absolute Gasteiger partial charge is 0.274 e. The Morgan fingerprint density at radius 3 is 3.04 bits per heavy atom. The minimum Gasteiger partial charge on any atom is -0.332 e. The summed E-state index contributed by atoms with van der Waals surface area (Å²) in [6.07, 6.45) is 1.96. The van der Waals surface area contributed by atoms with Crippen LogP contribution in [0.25, 0.3) is 5.69 Å². The van der Waals surface area contributed by atoms with Crippen LogP contribution in [0.3, 0.4) is 0 Å². The number of nitrogens with one attached hydrogen (secondary N) is 1. The van der Waals surface area contributed by atoms with Crippen molar-refractivity contribution < 1.29 is 9.72 Å². The fraction of sp³-hybridized carbons (Fsp3) is 0.286. The minimum atomic E-state index is -0.878. The number of nitro groups is 1. The fourth-order valence-electron chi connectivity index (χ4n) is 2.30. The molecule has 9 nitrogen and oxygen atoms in total. The number of amides is 1. The molecule has 3 rings (SSSR count). The molecule has 1 saturated heterocycles. The van der Waals surface area contributed by atoms with Gasteiger partial charge in [-0.15, -0.1) is 5.10 Å². The van der Waals surface area contributed by atoms with Crippen LogP contribution >= 0.6 is 11.8 Å². The van der Waals surface area contributed by atoms with Gasteiger partial charge in [-0.25, -0.2) is 4.68 Å². The van der Waals surface area contributed by atoms with Gasteiger partial charge in [-0.1, -0.05) is 11.3 Å². The number of carbonyl (C=O) groups excluding carboxylic acids is 1. The average Bonchev–Trinajstić information content (AvgIpc) is 3.25. The van der Waals surface area contributed by atoms with E-state index in [1.54, 1.807) is 17.8 Å². The van der Waals surface area contributed by atoms with Crippen molar-refractivity contribution in [3.8, 4) is 11.8 Å². The third-order valence-corrected chi connectivity index (χ3v) is 4.81. The van der Waals surface area contributed by atoms with Crippen LogP contribution in [0.15, 0.2) is 30.5 Å². The van der Waals surface area contributed by atoms with E-state index in [-0.39, 0.29) is 11.4 Å². The first-order valence-corrected chi connectivity index (χ1v) is 8.17. The second-order valence-electron chi connectivity index (χ2n) is 5.28. The lowest BCUT2D eigenvalue weighted by molar-refractivity contribution is -0.384. The van der Waals surface area contributed by atoms with E-state index in [0.717, 1.165) is 5.75 Å². The summed E-state index contributed by atoms with van der Waals surface area (Å²) in [6.45, 7) is 0. The molecule has 122 valence electrons. The van der Waals surface area contributed by atoms with Gasteiger partial charge in [0.25, 0.3) is 11.6 Å². The third kappa shape index (κ3) is 3.07. The number of thioether (sulfide) groups is 1. The van der Waals surface area contributed by atoms with Crippen molar-refractivity contribution in [1.29, 1.82) is 5.26 Å². The van der Waals surface area contributed by atoms with Crippen molar-refractivity contribution in [1.82, 2.24) is 20.3 Å². The molecule has 10 heteroatoms. The molecule has 1 N–H and O–H groups in total. The third-order valence-electron chi connectivity index (χ3n) is 3.62. The first kappa shape index (κ1) is 15.9. The monoisotopic (exact) mass is 344 g/mol. The van der Waals surface area contributed by atoms with E-state index in [1.807, 2.05) is 0 Å². The van der Waals surface area contributed by atoms with Crippen molar-refractivity contribution in [3.63, 3.8) is 0 Å². The first-order valence-electron chi connectivity index (χ1n) is 7.02. The summed E-state index contributed by atoms with van der Waals surface area (Å²) in [4.78, 5) is 22.6. The summed E-state index contributed by atoms with van der Waals surface area (Å²) in [5.74, 6) is 0.860. The van der Waals surface area contributed by atoms with E-state index in [2.05, 4.69) is 21.7 Å². The molecular formula is C14H12N6O3S. The zero-order valence-electron chi connectivity index (χ0n) is 12.4. The summed E-state index contributed by atoms with van der Waals surface area (Å²) in [7, 11) is 0. The lowest BCUT2D eigenvalue weighted by Crippen LogP contribution is -2.47. The summed E-state index contributed by atoms with van der Waals surface area (Å²) in [6, 6.07) is 7.99.